The van der Waals surface area contributed by atoms with Crippen LogP contribution in [-0.2, 0) is 9.53 Å². The topological polar surface area (TPSA) is 61.5 Å². The number of hydrogen-bond donors (Lipinski definition) is 1. The number of rotatable bonds is 6. The molecular weight excluding hydrogens is 250 g/mol. The molecule has 0 fully saturated rings. The van der Waals surface area contributed by atoms with E-state index in [1.807, 2.05) is 31.2 Å². The minimum atomic E-state index is -0.249. The summed E-state index contributed by atoms with van der Waals surface area (Å²) in [6, 6.07) is 7.62. The summed E-state index contributed by atoms with van der Waals surface area (Å²) >= 11 is 1.47. The Balaban J connectivity index is 2.87. The second-order valence-corrected chi connectivity index (χ2v) is 5.04. The molecule has 5 heteroatoms. The van der Waals surface area contributed by atoms with E-state index in [0.717, 1.165) is 11.3 Å². The molecule has 0 radical (unpaired) electrons. The number of carbonyl (C=O) groups is 1. The number of carbonyl (C=O) groups excluding carboxylic acids is 1. The van der Waals surface area contributed by atoms with Crippen LogP contribution in [0.4, 0.5) is 0 Å². The highest BCUT2D eigenvalue weighted by atomic mass is 32.2. The number of thioether (sulfide) groups is 1. The summed E-state index contributed by atoms with van der Waals surface area (Å²) in [6.07, 6.45) is 0. The lowest BCUT2D eigenvalue weighted by atomic mass is 10.1. The van der Waals surface area contributed by atoms with Gasteiger partial charge in [0, 0.05) is 16.9 Å². The zero-order valence-corrected chi connectivity index (χ0v) is 11.7. The maximum absolute atomic E-state index is 11.2. The molecule has 0 bridgehead atoms. The van der Waals surface area contributed by atoms with Crippen molar-refractivity contribution in [2.45, 2.75) is 18.2 Å². The fraction of sp³-hybridized carbons (Fsp3) is 0.462. The summed E-state index contributed by atoms with van der Waals surface area (Å²) in [4.78, 5) is 11.2. The Morgan fingerprint density at radius 2 is 2.06 bits per heavy atom. The molecule has 1 rings (SSSR count). The highest BCUT2D eigenvalue weighted by Gasteiger charge is 2.21. The molecule has 0 aliphatic carbocycles. The van der Waals surface area contributed by atoms with Gasteiger partial charge in [-0.15, -0.1) is 11.8 Å². The third-order valence-corrected chi connectivity index (χ3v) is 3.98. The van der Waals surface area contributed by atoms with Crippen LogP contribution in [0, 0.1) is 0 Å². The Kier molecular flexibility index (Phi) is 6.01. The van der Waals surface area contributed by atoms with Gasteiger partial charge in [-0.05, 0) is 13.0 Å². The lowest BCUT2D eigenvalue weighted by Crippen LogP contribution is -2.24. The highest BCUT2D eigenvalue weighted by molar-refractivity contribution is 8.00. The van der Waals surface area contributed by atoms with Crippen LogP contribution in [0.25, 0.3) is 0 Å². The molecule has 0 spiro atoms. The van der Waals surface area contributed by atoms with Gasteiger partial charge in [0.05, 0.1) is 20.0 Å². The molecule has 2 N–H and O–H groups in total. The number of hydrogen-bond acceptors (Lipinski definition) is 5. The molecule has 1 aromatic carbocycles. The van der Waals surface area contributed by atoms with Crippen LogP contribution in [0.1, 0.15) is 17.7 Å². The summed E-state index contributed by atoms with van der Waals surface area (Å²) in [5.41, 5.74) is 7.00. The molecule has 1 aromatic rings. The van der Waals surface area contributed by atoms with E-state index in [9.17, 15) is 4.79 Å². The number of nitrogens with two attached hydrogens (primary N) is 1. The van der Waals surface area contributed by atoms with Gasteiger partial charge in [-0.1, -0.05) is 18.2 Å². The third kappa shape index (κ3) is 3.92. The Morgan fingerprint density at radius 1 is 1.39 bits per heavy atom. The number of methoxy groups -OCH3 is 2. The van der Waals surface area contributed by atoms with Crippen LogP contribution in [0.2, 0.25) is 0 Å². The smallest absolute Gasteiger partial charge is 0.315 e. The normalized spacial score (nSPS) is 13.8. The van der Waals surface area contributed by atoms with E-state index in [4.69, 9.17) is 10.5 Å². The molecule has 2 atom stereocenters. The Labute approximate surface area is 112 Å². The molecule has 0 aromatic heterocycles. The molecule has 0 aliphatic rings. The minimum Gasteiger partial charge on any atom is -0.496 e. The van der Waals surface area contributed by atoms with Gasteiger partial charge in [0.15, 0.2) is 0 Å². The predicted octanol–water partition coefficient (Wildman–Crippen LogP) is 1.99. The maximum atomic E-state index is 11.2. The van der Waals surface area contributed by atoms with Crippen LogP contribution >= 0.6 is 11.8 Å². The van der Waals surface area contributed by atoms with Gasteiger partial charge in [0.2, 0.25) is 0 Å². The van der Waals surface area contributed by atoms with E-state index in [-0.39, 0.29) is 23.0 Å². The van der Waals surface area contributed by atoms with Gasteiger partial charge < -0.3 is 15.2 Å². The van der Waals surface area contributed by atoms with Crippen molar-refractivity contribution in [3.63, 3.8) is 0 Å². The van der Waals surface area contributed by atoms with Crippen molar-refractivity contribution in [3.05, 3.63) is 29.8 Å². The fourth-order valence-corrected chi connectivity index (χ4v) is 2.75. The van der Waals surface area contributed by atoms with Crippen molar-refractivity contribution in [2.75, 3.05) is 20.0 Å². The summed E-state index contributed by atoms with van der Waals surface area (Å²) in [7, 11) is 3.01. The molecule has 4 nitrogen and oxygen atoms in total. The molecular formula is C13H19NO3S. The first-order valence-electron chi connectivity index (χ1n) is 5.67. The molecule has 0 aliphatic heterocycles. The SMILES string of the molecule is COC(=O)CSC(c1ccccc1OC)C(C)N. The van der Waals surface area contributed by atoms with E-state index in [0.29, 0.717) is 0 Å². The van der Waals surface area contributed by atoms with Crippen LogP contribution in [0.5, 0.6) is 5.75 Å². The van der Waals surface area contributed by atoms with E-state index in [1.165, 1.54) is 18.9 Å². The van der Waals surface area contributed by atoms with Gasteiger partial charge in [0.25, 0.3) is 0 Å². The maximum Gasteiger partial charge on any atom is 0.315 e. The zero-order valence-electron chi connectivity index (χ0n) is 10.9. The third-order valence-electron chi connectivity index (χ3n) is 2.53. The Bertz CT molecular complexity index is 396. The van der Waals surface area contributed by atoms with Crippen molar-refractivity contribution in [2.24, 2.45) is 5.73 Å². The minimum absolute atomic E-state index is 0.000231. The highest BCUT2D eigenvalue weighted by Crippen LogP contribution is 2.36. The predicted molar refractivity (Wildman–Crippen MR) is 73.9 cm³/mol. The first-order valence-corrected chi connectivity index (χ1v) is 6.72. The fourth-order valence-electron chi connectivity index (χ4n) is 1.64. The molecule has 0 amide bonds. The number of para-hydroxylation sites is 1. The average molecular weight is 269 g/mol. The summed E-state index contributed by atoms with van der Waals surface area (Å²) in [5.74, 6) is 0.818. The molecule has 0 saturated carbocycles. The van der Waals surface area contributed by atoms with E-state index in [2.05, 4.69) is 4.74 Å². The first kappa shape index (κ1) is 14.9. The number of esters is 1. The molecule has 0 saturated heterocycles. The molecule has 2 unspecified atom stereocenters. The average Bonchev–Trinajstić information content (AvgIpc) is 2.38. The quantitative estimate of drug-likeness (QED) is 0.800. The second kappa shape index (κ2) is 7.28. The van der Waals surface area contributed by atoms with Crippen molar-refractivity contribution >= 4 is 17.7 Å². The summed E-state index contributed by atoms with van der Waals surface area (Å²) in [6.45, 7) is 1.92. The van der Waals surface area contributed by atoms with Crippen LogP contribution in [0.15, 0.2) is 24.3 Å². The van der Waals surface area contributed by atoms with Crippen molar-refractivity contribution in [1.29, 1.82) is 0 Å². The Morgan fingerprint density at radius 3 is 2.61 bits per heavy atom. The molecule has 100 valence electrons. The van der Waals surface area contributed by atoms with Crippen LogP contribution in [-0.4, -0.2) is 32.0 Å². The van der Waals surface area contributed by atoms with Crippen molar-refractivity contribution in [3.8, 4) is 5.75 Å². The monoisotopic (exact) mass is 269 g/mol. The van der Waals surface area contributed by atoms with E-state index >= 15 is 0 Å². The van der Waals surface area contributed by atoms with Gasteiger partial charge in [-0.3, -0.25) is 4.79 Å². The van der Waals surface area contributed by atoms with Gasteiger partial charge >= 0.3 is 5.97 Å². The standard InChI is InChI=1S/C13H19NO3S/c1-9(14)13(18-8-12(15)17-3)10-6-4-5-7-11(10)16-2/h4-7,9,13H,8,14H2,1-3H3. The van der Waals surface area contributed by atoms with Crippen molar-refractivity contribution < 1.29 is 14.3 Å². The first-order chi connectivity index (χ1) is 8.60. The zero-order chi connectivity index (χ0) is 13.5. The number of benzene rings is 1. The largest absolute Gasteiger partial charge is 0.496 e. The van der Waals surface area contributed by atoms with Crippen molar-refractivity contribution in [1.82, 2.24) is 0 Å². The van der Waals surface area contributed by atoms with Crippen LogP contribution < -0.4 is 10.5 Å². The summed E-state index contributed by atoms with van der Waals surface area (Å²) < 4.78 is 9.97. The van der Waals surface area contributed by atoms with Gasteiger partial charge in [-0.2, -0.15) is 0 Å². The van der Waals surface area contributed by atoms with Crippen LogP contribution in [0.3, 0.4) is 0 Å². The molecule has 0 heterocycles. The Hall–Kier alpha value is -1.20. The molecule has 18 heavy (non-hydrogen) atoms. The summed E-state index contributed by atoms with van der Waals surface area (Å²) in [5, 5.41) is 0.000231. The van der Waals surface area contributed by atoms with E-state index < -0.39 is 0 Å². The van der Waals surface area contributed by atoms with Gasteiger partial charge in [-0.25, -0.2) is 0 Å². The van der Waals surface area contributed by atoms with Gasteiger partial charge in [0.1, 0.15) is 5.75 Å². The second-order valence-electron chi connectivity index (χ2n) is 3.91. The number of ether oxygens (including phenoxy) is 2. The lowest BCUT2D eigenvalue weighted by molar-refractivity contribution is -0.137. The van der Waals surface area contributed by atoms with E-state index in [1.54, 1.807) is 7.11 Å². The lowest BCUT2D eigenvalue weighted by Gasteiger charge is -2.22.